The Labute approximate surface area is 165 Å². The summed E-state index contributed by atoms with van der Waals surface area (Å²) in [7, 11) is -0.155. The summed E-state index contributed by atoms with van der Waals surface area (Å²) in [6.07, 6.45) is 21.2. The molecule has 1 heterocycles. The van der Waals surface area contributed by atoms with Gasteiger partial charge in [-0.2, -0.15) is 0 Å². The summed E-state index contributed by atoms with van der Waals surface area (Å²) in [5.74, 6) is 0. The maximum atomic E-state index is 6.06. The summed E-state index contributed by atoms with van der Waals surface area (Å²) < 4.78 is 14.5. The van der Waals surface area contributed by atoms with Gasteiger partial charge < -0.3 is 8.85 Å². The summed E-state index contributed by atoms with van der Waals surface area (Å²) in [6.45, 7) is 7.53. The zero-order valence-corrected chi connectivity index (χ0v) is 19.2. The van der Waals surface area contributed by atoms with Gasteiger partial charge in [-0.3, -0.25) is 4.57 Å². The van der Waals surface area contributed by atoms with Gasteiger partial charge in [-0.1, -0.05) is 90.4 Å². The molecule has 0 spiro atoms. The third-order valence-electron chi connectivity index (χ3n) is 5.87. The maximum absolute atomic E-state index is 6.06. The lowest BCUT2D eigenvalue weighted by Gasteiger charge is -2.33. The van der Waals surface area contributed by atoms with Crippen molar-refractivity contribution in [1.82, 2.24) is 4.57 Å². The molecule has 4 heteroatoms. The minimum atomic E-state index is -2.01. The molecule has 1 aliphatic rings. The van der Waals surface area contributed by atoms with Gasteiger partial charge in [0.05, 0.1) is 0 Å². The first-order valence-electron chi connectivity index (χ1n) is 11.7. The van der Waals surface area contributed by atoms with Crippen molar-refractivity contribution in [3.8, 4) is 0 Å². The zero-order valence-electron chi connectivity index (χ0n) is 18.2. The van der Waals surface area contributed by atoms with E-state index in [1.165, 1.54) is 109 Å². The standard InChI is InChI=1S/C22H47NO2Si/c1-4-6-7-8-9-10-11-12-13-14-15-16-17-18-20-23-21-19-22-26(23,24-3)25-5-2/h4-22H2,1-3H3. The quantitative estimate of drug-likeness (QED) is 0.191. The van der Waals surface area contributed by atoms with Crippen molar-refractivity contribution in [2.45, 2.75) is 116 Å². The zero-order chi connectivity index (χ0) is 18.9. The van der Waals surface area contributed by atoms with Crippen LogP contribution in [0.3, 0.4) is 0 Å². The highest BCUT2D eigenvalue weighted by molar-refractivity contribution is 6.65. The number of hydrogen-bond donors (Lipinski definition) is 0. The molecule has 26 heavy (non-hydrogen) atoms. The van der Waals surface area contributed by atoms with E-state index in [9.17, 15) is 0 Å². The maximum Gasteiger partial charge on any atom is 0.427 e. The molecule has 0 aliphatic carbocycles. The van der Waals surface area contributed by atoms with Crippen molar-refractivity contribution in [3.05, 3.63) is 0 Å². The summed E-state index contributed by atoms with van der Waals surface area (Å²) in [5, 5.41) is 0. The van der Waals surface area contributed by atoms with Gasteiger partial charge in [0, 0.05) is 19.8 Å². The van der Waals surface area contributed by atoms with Crippen molar-refractivity contribution in [3.63, 3.8) is 0 Å². The second-order valence-corrected chi connectivity index (χ2v) is 11.3. The van der Waals surface area contributed by atoms with E-state index in [2.05, 4.69) is 18.4 Å². The smallest absolute Gasteiger partial charge is 0.386 e. The van der Waals surface area contributed by atoms with E-state index >= 15 is 0 Å². The normalized spacial score (nSPS) is 20.9. The first-order chi connectivity index (χ1) is 12.8. The molecule has 1 rings (SSSR count). The van der Waals surface area contributed by atoms with Crippen molar-refractivity contribution < 1.29 is 8.85 Å². The summed E-state index contributed by atoms with van der Waals surface area (Å²) in [5.41, 5.74) is 0. The molecule has 156 valence electrons. The van der Waals surface area contributed by atoms with E-state index in [1.807, 2.05) is 7.11 Å². The van der Waals surface area contributed by atoms with Crippen LogP contribution in [0.2, 0.25) is 6.04 Å². The SMILES string of the molecule is CCCCCCCCCCCCCCCCN1CCC[Si]1(OC)OCC. The van der Waals surface area contributed by atoms with E-state index in [4.69, 9.17) is 8.85 Å². The van der Waals surface area contributed by atoms with Gasteiger partial charge in [0.25, 0.3) is 0 Å². The molecule has 0 amide bonds. The first-order valence-corrected chi connectivity index (χ1v) is 13.7. The number of hydrogen-bond acceptors (Lipinski definition) is 3. The highest BCUT2D eigenvalue weighted by Gasteiger charge is 2.47. The summed E-state index contributed by atoms with van der Waals surface area (Å²) >= 11 is 0. The van der Waals surface area contributed by atoms with Crippen LogP contribution in [0.5, 0.6) is 0 Å². The molecule has 0 aromatic carbocycles. The molecule has 0 N–H and O–H groups in total. The summed E-state index contributed by atoms with van der Waals surface area (Å²) in [6, 6.07) is 1.15. The van der Waals surface area contributed by atoms with E-state index in [1.54, 1.807) is 0 Å². The van der Waals surface area contributed by atoms with E-state index in [0.717, 1.165) is 12.7 Å². The van der Waals surface area contributed by atoms with Gasteiger partial charge in [-0.05, 0) is 32.9 Å². The van der Waals surface area contributed by atoms with Gasteiger partial charge in [-0.25, -0.2) is 0 Å². The summed E-state index contributed by atoms with van der Waals surface area (Å²) in [4.78, 5) is 0. The molecule has 0 saturated carbocycles. The molecule has 0 radical (unpaired) electrons. The van der Waals surface area contributed by atoms with E-state index in [-0.39, 0.29) is 0 Å². The average molecular weight is 386 g/mol. The van der Waals surface area contributed by atoms with Crippen LogP contribution in [-0.2, 0) is 8.85 Å². The van der Waals surface area contributed by atoms with Gasteiger partial charge >= 0.3 is 8.72 Å². The van der Waals surface area contributed by atoms with Gasteiger partial charge in [-0.15, -0.1) is 0 Å². The number of unbranched alkanes of at least 4 members (excludes halogenated alkanes) is 13. The van der Waals surface area contributed by atoms with E-state index in [0.29, 0.717) is 0 Å². The number of rotatable bonds is 18. The Hall–Kier alpha value is 0.0969. The lowest BCUT2D eigenvalue weighted by atomic mass is 10.0. The molecule has 0 bridgehead atoms. The van der Waals surface area contributed by atoms with Gasteiger partial charge in [0.2, 0.25) is 0 Å². The average Bonchev–Trinajstić information content (AvgIpc) is 3.05. The fraction of sp³-hybridized carbons (Fsp3) is 1.00. The molecule has 1 atom stereocenters. The van der Waals surface area contributed by atoms with Crippen molar-refractivity contribution in [2.75, 3.05) is 26.8 Å². The molecular weight excluding hydrogens is 338 g/mol. The Morgan fingerprint density at radius 1 is 0.731 bits per heavy atom. The van der Waals surface area contributed by atoms with Crippen molar-refractivity contribution in [1.29, 1.82) is 0 Å². The number of nitrogens with zero attached hydrogens (tertiary/aromatic N) is 1. The molecule has 0 aromatic rings. The van der Waals surface area contributed by atoms with Crippen LogP contribution in [0.4, 0.5) is 0 Å². The Kier molecular flexibility index (Phi) is 14.9. The molecule has 1 fully saturated rings. The van der Waals surface area contributed by atoms with Gasteiger partial charge in [0.1, 0.15) is 0 Å². The largest absolute Gasteiger partial charge is 0.427 e. The predicted molar refractivity (Wildman–Crippen MR) is 116 cm³/mol. The van der Waals surface area contributed by atoms with Crippen LogP contribution in [0.1, 0.15) is 110 Å². The van der Waals surface area contributed by atoms with E-state index < -0.39 is 8.72 Å². The fourth-order valence-electron chi connectivity index (χ4n) is 4.28. The minimum absolute atomic E-state index is 0.787. The van der Waals surface area contributed by atoms with Crippen LogP contribution < -0.4 is 0 Å². The van der Waals surface area contributed by atoms with Crippen LogP contribution in [0.15, 0.2) is 0 Å². The third kappa shape index (κ3) is 9.87. The Morgan fingerprint density at radius 3 is 1.69 bits per heavy atom. The Morgan fingerprint density at radius 2 is 1.23 bits per heavy atom. The first kappa shape index (κ1) is 24.1. The molecule has 1 aliphatic heterocycles. The lowest BCUT2D eigenvalue weighted by Crippen LogP contribution is -2.54. The van der Waals surface area contributed by atoms with Crippen LogP contribution in [-0.4, -0.2) is 40.1 Å². The lowest BCUT2D eigenvalue weighted by molar-refractivity contribution is 0.156. The highest BCUT2D eigenvalue weighted by Crippen LogP contribution is 2.28. The topological polar surface area (TPSA) is 21.7 Å². The van der Waals surface area contributed by atoms with Crippen molar-refractivity contribution >= 4 is 8.72 Å². The molecule has 3 nitrogen and oxygen atoms in total. The van der Waals surface area contributed by atoms with Crippen LogP contribution in [0.25, 0.3) is 0 Å². The van der Waals surface area contributed by atoms with Gasteiger partial charge in [0.15, 0.2) is 0 Å². The second-order valence-electron chi connectivity index (χ2n) is 8.04. The minimum Gasteiger partial charge on any atom is -0.386 e. The predicted octanol–water partition coefficient (Wildman–Crippen LogP) is 6.80. The fourth-order valence-corrected chi connectivity index (χ4v) is 7.56. The highest BCUT2D eigenvalue weighted by atomic mass is 28.4. The Bertz CT molecular complexity index is 317. The molecular formula is C22H47NO2Si. The molecule has 1 unspecified atom stereocenters. The molecule has 0 aromatic heterocycles. The van der Waals surface area contributed by atoms with Crippen LogP contribution in [0, 0.1) is 0 Å². The van der Waals surface area contributed by atoms with Crippen molar-refractivity contribution in [2.24, 2.45) is 0 Å². The third-order valence-corrected chi connectivity index (χ3v) is 9.65. The Balaban J connectivity index is 1.89. The second kappa shape index (κ2) is 16.1. The monoisotopic (exact) mass is 385 g/mol. The van der Waals surface area contributed by atoms with Crippen LogP contribution >= 0.6 is 0 Å². The molecule has 1 saturated heterocycles.